The summed E-state index contributed by atoms with van der Waals surface area (Å²) < 4.78 is 0. The minimum absolute atomic E-state index is 0.762. The molecule has 0 spiro atoms. The number of nitrogens with zero attached hydrogens (tertiary/aromatic N) is 1. The van der Waals surface area contributed by atoms with Gasteiger partial charge in [0.1, 0.15) is 0 Å². The first-order valence-electron chi connectivity index (χ1n) is 6.10. The first-order chi connectivity index (χ1) is 7.90. The lowest BCUT2D eigenvalue weighted by molar-refractivity contribution is 0.417. The number of nitrogens with one attached hydrogen (secondary N) is 1. The van der Waals surface area contributed by atoms with Crippen LogP contribution in [-0.2, 0) is 0 Å². The maximum atomic E-state index is 4.03. The lowest BCUT2D eigenvalue weighted by Crippen LogP contribution is -2.29. The molecule has 1 aromatic rings. The van der Waals surface area contributed by atoms with Gasteiger partial charge in [-0.05, 0) is 50.1 Å². The van der Waals surface area contributed by atoms with Gasteiger partial charge in [-0.25, -0.2) is 0 Å². The Morgan fingerprint density at radius 3 is 2.94 bits per heavy atom. The Hall–Kier alpha value is -0.540. The molecule has 0 saturated heterocycles. The molecule has 1 aliphatic carbocycles. The van der Waals surface area contributed by atoms with E-state index in [1.807, 2.05) is 24.2 Å². The molecule has 0 aromatic carbocycles. The summed E-state index contributed by atoms with van der Waals surface area (Å²) >= 11 is 1.95. The highest BCUT2D eigenvalue weighted by atomic mass is 32.2. The number of aromatic nitrogens is 1. The number of pyridine rings is 1. The van der Waals surface area contributed by atoms with E-state index in [-0.39, 0.29) is 0 Å². The standard InChI is InChI=1S/C13H20N2S/c1-14-13-4-2-3-11(13)7-10-16-12-5-8-15-9-6-12/h5-6,8-9,11,13-14H,2-4,7,10H2,1H3. The average Bonchev–Trinajstić information content (AvgIpc) is 2.78. The van der Waals surface area contributed by atoms with Crippen LogP contribution in [-0.4, -0.2) is 23.8 Å². The van der Waals surface area contributed by atoms with E-state index >= 15 is 0 Å². The lowest BCUT2D eigenvalue weighted by atomic mass is 10.0. The monoisotopic (exact) mass is 236 g/mol. The second kappa shape index (κ2) is 6.26. The molecule has 0 aliphatic heterocycles. The summed E-state index contributed by atoms with van der Waals surface area (Å²) in [5, 5.41) is 3.44. The lowest BCUT2D eigenvalue weighted by Gasteiger charge is -2.18. The van der Waals surface area contributed by atoms with Crippen LogP contribution >= 0.6 is 11.8 Å². The van der Waals surface area contributed by atoms with Gasteiger partial charge < -0.3 is 5.32 Å². The fourth-order valence-corrected chi connectivity index (χ4v) is 3.50. The Labute approximate surface area is 102 Å². The highest BCUT2D eigenvalue weighted by molar-refractivity contribution is 7.99. The van der Waals surface area contributed by atoms with Crippen LogP contribution in [0.15, 0.2) is 29.4 Å². The smallest absolute Gasteiger partial charge is 0.0278 e. The molecule has 0 radical (unpaired) electrons. The summed E-state index contributed by atoms with van der Waals surface area (Å²) in [6.07, 6.45) is 9.24. The Morgan fingerprint density at radius 1 is 1.38 bits per heavy atom. The van der Waals surface area contributed by atoms with Crippen LogP contribution in [0, 0.1) is 5.92 Å². The molecule has 2 rings (SSSR count). The molecule has 1 aromatic heterocycles. The molecule has 1 fully saturated rings. The van der Waals surface area contributed by atoms with Crippen molar-refractivity contribution in [3.63, 3.8) is 0 Å². The minimum Gasteiger partial charge on any atom is -0.317 e. The van der Waals surface area contributed by atoms with Gasteiger partial charge in [0, 0.05) is 23.3 Å². The Kier molecular flexibility index (Phi) is 4.67. The zero-order valence-electron chi connectivity index (χ0n) is 9.86. The van der Waals surface area contributed by atoms with Crippen molar-refractivity contribution >= 4 is 11.8 Å². The SMILES string of the molecule is CNC1CCCC1CCSc1ccncc1. The number of hydrogen-bond donors (Lipinski definition) is 1. The van der Waals surface area contributed by atoms with Crippen molar-refractivity contribution in [1.82, 2.24) is 10.3 Å². The van der Waals surface area contributed by atoms with Gasteiger partial charge in [0.25, 0.3) is 0 Å². The topological polar surface area (TPSA) is 24.9 Å². The van der Waals surface area contributed by atoms with Gasteiger partial charge >= 0.3 is 0 Å². The summed E-state index contributed by atoms with van der Waals surface area (Å²) in [5.74, 6) is 2.12. The van der Waals surface area contributed by atoms with E-state index in [0.717, 1.165) is 12.0 Å². The van der Waals surface area contributed by atoms with E-state index in [4.69, 9.17) is 0 Å². The van der Waals surface area contributed by atoms with Gasteiger partial charge in [0.2, 0.25) is 0 Å². The van der Waals surface area contributed by atoms with E-state index in [1.165, 1.54) is 36.3 Å². The van der Waals surface area contributed by atoms with E-state index in [1.54, 1.807) is 0 Å². The van der Waals surface area contributed by atoms with Crippen LogP contribution in [0.4, 0.5) is 0 Å². The summed E-state index contributed by atoms with van der Waals surface area (Å²) in [4.78, 5) is 5.37. The zero-order chi connectivity index (χ0) is 11.2. The summed E-state index contributed by atoms with van der Waals surface area (Å²) in [6.45, 7) is 0. The highest BCUT2D eigenvalue weighted by Crippen LogP contribution is 2.30. The van der Waals surface area contributed by atoms with Crippen LogP contribution in [0.1, 0.15) is 25.7 Å². The first-order valence-corrected chi connectivity index (χ1v) is 7.09. The fraction of sp³-hybridized carbons (Fsp3) is 0.615. The third-order valence-corrected chi connectivity index (χ3v) is 4.48. The molecule has 3 heteroatoms. The predicted octanol–water partition coefficient (Wildman–Crippen LogP) is 2.95. The highest BCUT2D eigenvalue weighted by Gasteiger charge is 2.24. The van der Waals surface area contributed by atoms with Gasteiger partial charge in [-0.3, -0.25) is 4.98 Å². The van der Waals surface area contributed by atoms with Crippen molar-refractivity contribution in [1.29, 1.82) is 0 Å². The van der Waals surface area contributed by atoms with E-state index in [0.29, 0.717) is 0 Å². The van der Waals surface area contributed by atoms with Gasteiger partial charge in [-0.15, -0.1) is 11.8 Å². The summed E-state index contributed by atoms with van der Waals surface area (Å²) in [7, 11) is 2.10. The minimum atomic E-state index is 0.762. The molecule has 1 saturated carbocycles. The zero-order valence-corrected chi connectivity index (χ0v) is 10.7. The Morgan fingerprint density at radius 2 is 2.19 bits per heavy atom. The normalized spacial score (nSPS) is 24.8. The third-order valence-electron chi connectivity index (χ3n) is 3.44. The molecular weight excluding hydrogens is 216 g/mol. The van der Waals surface area contributed by atoms with Crippen molar-refractivity contribution in [2.75, 3.05) is 12.8 Å². The molecule has 1 aliphatic rings. The second-order valence-corrected chi connectivity index (χ2v) is 5.57. The van der Waals surface area contributed by atoms with Crippen molar-refractivity contribution in [3.8, 4) is 0 Å². The molecular formula is C13H20N2S. The van der Waals surface area contributed by atoms with Crippen molar-refractivity contribution < 1.29 is 0 Å². The molecule has 88 valence electrons. The fourth-order valence-electron chi connectivity index (χ4n) is 2.53. The van der Waals surface area contributed by atoms with E-state index in [9.17, 15) is 0 Å². The maximum Gasteiger partial charge on any atom is 0.0278 e. The Balaban J connectivity index is 1.72. The van der Waals surface area contributed by atoms with Gasteiger partial charge in [0.05, 0.1) is 0 Å². The number of rotatable bonds is 5. The molecule has 2 unspecified atom stereocenters. The quantitative estimate of drug-likeness (QED) is 0.796. The molecule has 0 bridgehead atoms. The van der Waals surface area contributed by atoms with Crippen LogP contribution in [0.2, 0.25) is 0 Å². The number of thioether (sulfide) groups is 1. The summed E-state index contributed by atoms with van der Waals surface area (Å²) in [5.41, 5.74) is 0. The second-order valence-electron chi connectivity index (χ2n) is 4.41. The van der Waals surface area contributed by atoms with Crippen LogP contribution in [0.5, 0.6) is 0 Å². The molecule has 0 amide bonds. The van der Waals surface area contributed by atoms with Crippen LogP contribution < -0.4 is 5.32 Å². The molecule has 2 nitrogen and oxygen atoms in total. The maximum absolute atomic E-state index is 4.03. The van der Waals surface area contributed by atoms with Crippen molar-refractivity contribution in [2.45, 2.75) is 36.6 Å². The molecule has 16 heavy (non-hydrogen) atoms. The van der Waals surface area contributed by atoms with E-state index < -0.39 is 0 Å². The molecule has 1 heterocycles. The molecule has 1 N–H and O–H groups in total. The number of hydrogen-bond acceptors (Lipinski definition) is 3. The van der Waals surface area contributed by atoms with Crippen LogP contribution in [0.3, 0.4) is 0 Å². The van der Waals surface area contributed by atoms with Gasteiger partial charge in [-0.1, -0.05) is 6.42 Å². The Bertz CT molecular complexity index is 302. The van der Waals surface area contributed by atoms with E-state index in [2.05, 4.69) is 29.5 Å². The van der Waals surface area contributed by atoms with Crippen molar-refractivity contribution in [2.24, 2.45) is 5.92 Å². The summed E-state index contributed by atoms with van der Waals surface area (Å²) in [6, 6.07) is 4.95. The van der Waals surface area contributed by atoms with Gasteiger partial charge in [0.15, 0.2) is 0 Å². The largest absolute Gasteiger partial charge is 0.317 e. The third kappa shape index (κ3) is 3.22. The predicted molar refractivity (Wildman–Crippen MR) is 69.8 cm³/mol. The van der Waals surface area contributed by atoms with Gasteiger partial charge in [-0.2, -0.15) is 0 Å². The molecule has 2 atom stereocenters. The van der Waals surface area contributed by atoms with Crippen molar-refractivity contribution in [3.05, 3.63) is 24.5 Å². The first kappa shape index (κ1) is 11.9. The van der Waals surface area contributed by atoms with Crippen LogP contribution in [0.25, 0.3) is 0 Å². The average molecular weight is 236 g/mol.